The van der Waals surface area contributed by atoms with Gasteiger partial charge in [-0.2, -0.15) is 0 Å². The Morgan fingerprint density at radius 2 is 2.05 bits per heavy atom. The summed E-state index contributed by atoms with van der Waals surface area (Å²) in [4.78, 5) is 25.3. The number of nitrogen functional groups attached to an aromatic ring is 1. The number of hydrogen-bond acceptors (Lipinski definition) is 5. The Hall–Kier alpha value is -1.79. The minimum absolute atomic E-state index is 0. The number of carbonyl (C=O) groups is 2. The van der Waals surface area contributed by atoms with Gasteiger partial charge in [-0.1, -0.05) is 0 Å². The minimum atomic E-state index is -0.336. The molecule has 1 saturated heterocycles. The smallest absolute Gasteiger partial charge is 0.308 e. The molecule has 6 nitrogen and oxygen atoms in total. The molecule has 1 aliphatic heterocycles. The van der Waals surface area contributed by atoms with Gasteiger partial charge in [-0.25, -0.2) is 0 Å². The normalized spacial score (nSPS) is 17.8. The largest absolute Gasteiger partial charge is 0.469 e. The number of nitrogens with two attached hydrogens (primary N) is 1. The Labute approximate surface area is 129 Å². The second kappa shape index (κ2) is 7.85. The van der Waals surface area contributed by atoms with Crippen LogP contribution in [0.25, 0.3) is 0 Å². The predicted molar refractivity (Wildman–Crippen MR) is 80.4 cm³/mol. The van der Waals surface area contributed by atoms with Crippen molar-refractivity contribution in [1.82, 2.24) is 4.90 Å². The van der Waals surface area contributed by atoms with E-state index in [-0.39, 0.29) is 36.8 Å². The third-order valence-corrected chi connectivity index (χ3v) is 3.21. The Morgan fingerprint density at radius 3 is 2.67 bits per heavy atom. The summed E-state index contributed by atoms with van der Waals surface area (Å²) in [5.41, 5.74) is 6.80. The van der Waals surface area contributed by atoms with Crippen LogP contribution < -0.4 is 5.73 Å². The molecule has 1 aliphatic rings. The third kappa shape index (κ3) is 4.61. The standard InChI is InChI=1S/C14H18N2O4.ClH/c1-19-13(17)8-12-9-16(6-7-20-12)14(18)10-2-4-11(15)5-3-10;/h2-5,12H,6-9,15H2,1H3;1H. The van der Waals surface area contributed by atoms with Gasteiger partial charge in [0.15, 0.2) is 0 Å². The average molecular weight is 315 g/mol. The zero-order valence-electron chi connectivity index (χ0n) is 11.8. The highest BCUT2D eigenvalue weighted by molar-refractivity contribution is 5.94. The lowest BCUT2D eigenvalue weighted by Gasteiger charge is -2.32. The third-order valence-electron chi connectivity index (χ3n) is 3.21. The Bertz CT molecular complexity index is 492. The molecule has 1 aromatic rings. The molecular weight excluding hydrogens is 296 g/mol. The molecule has 1 heterocycles. The van der Waals surface area contributed by atoms with E-state index < -0.39 is 0 Å². The lowest BCUT2D eigenvalue weighted by atomic mass is 10.1. The molecule has 0 aromatic heterocycles. The van der Waals surface area contributed by atoms with E-state index in [0.29, 0.717) is 30.9 Å². The van der Waals surface area contributed by atoms with Gasteiger partial charge in [-0.15, -0.1) is 12.4 Å². The van der Waals surface area contributed by atoms with E-state index in [0.717, 1.165) is 0 Å². The van der Waals surface area contributed by atoms with Crippen LogP contribution in [0.1, 0.15) is 16.8 Å². The van der Waals surface area contributed by atoms with Crippen LogP contribution in [0.4, 0.5) is 5.69 Å². The van der Waals surface area contributed by atoms with Crippen LogP contribution in [0, 0.1) is 0 Å². The highest BCUT2D eigenvalue weighted by Crippen LogP contribution is 2.14. The fraction of sp³-hybridized carbons (Fsp3) is 0.429. The number of halogens is 1. The zero-order chi connectivity index (χ0) is 14.5. The number of hydrogen-bond donors (Lipinski definition) is 1. The molecule has 7 heteroatoms. The molecule has 21 heavy (non-hydrogen) atoms. The first-order valence-electron chi connectivity index (χ1n) is 6.43. The van der Waals surface area contributed by atoms with Crippen LogP contribution in [-0.2, 0) is 14.3 Å². The van der Waals surface area contributed by atoms with E-state index in [1.165, 1.54) is 7.11 Å². The molecule has 2 N–H and O–H groups in total. The Balaban J connectivity index is 0.00000220. The molecule has 116 valence electrons. The van der Waals surface area contributed by atoms with Crippen molar-refractivity contribution in [3.63, 3.8) is 0 Å². The van der Waals surface area contributed by atoms with Crippen molar-refractivity contribution in [2.24, 2.45) is 0 Å². The van der Waals surface area contributed by atoms with Crippen LogP contribution in [0.3, 0.4) is 0 Å². The van der Waals surface area contributed by atoms with Crippen molar-refractivity contribution in [1.29, 1.82) is 0 Å². The Morgan fingerprint density at radius 1 is 1.38 bits per heavy atom. The van der Waals surface area contributed by atoms with E-state index in [2.05, 4.69) is 4.74 Å². The maximum absolute atomic E-state index is 12.3. The molecule has 2 rings (SSSR count). The van der Waals surface area contributed by atoms with Gasteiger partial charge < -0.3 is 20.1 Å². The van der Waals surface area contributed by atoms with E-state index in [4.69, 9.17) is 10.5 Å². The highest BCUT2D eigenvalue weighted by atomic mass is 35.5. The van der Waals surface area contributed by atoms with E-state index in [1.807, 2.05) is 0 Å². The maximum Gasteiger partial charge on any atom is 0.308 e. The van der Waals surface area contributed by atoms with Gasteiger partial charge in [-0.05, 0) is 24.3 Å². The summed E-state index contributed by atoms with van der Waals surface area (Å²) in [6.45, 7) is 1.32. The first-order chi connectivity index (χ1) is 9.60. The quantitative estimate of drug-likeness (QED) is 0.667. The van der Waals surface area contributed by atoms with Crippen molar-refractivity contribution in [3.05, 3.63) is 29.8 Å². The van der Waals surface area contributed by atoms with Crippen LogP contribution >= 0.6 is 12.4 Å². The molecule has 1 amide bonds. The van der Waals surface area contributed by atoms with Crippen molar-refractivity contribution < 1.29 is 19.1 Å². The first-order valence-corrected chi connectivity index (χ1v) is 6.43. The van der Waals surface area contributed by atoms with Gasteiger partial charge >= 0.3 is 5.97 Å². The number of anilines is 1. The number of ether oxygens (including phenoxy) is 2. The number of nitrogens with zero attached hydrogens (tertiary/aromatic N) is 1. The summed E-state index contributed by atoms with van der Waals surface area (Å²) in [7, 11) is 1.34. The number of esters is 1. The van der Waals surface area contributed by atoms with Crippen molar-refractivity contribution >= 4 is 30.0 Å². The van der Waals surface area contributed by atoms with Crippen LogP contribution in [0.5, 0.6) is 0 Å². The van der Waals surface area contributed by atoms with E-state index >= 15 is 0 Å². The molecule has 0 radical (unpaired) electrons. The first kappa shape index (κ1) is 17.3. The Kier molecular flexibility index (Phi) is 6.45. The molecule has 1 atom stereocenters. The number of benzene rings is 1. The SMILES string of the molecule is COC(=O)CC1CN(C(=O)c2ccc(N)cc2)CCO1.Cl. The van der Waals surface area contributed by atoms with Crippen molar-refractivity contribution in [3.8, 4) is 0 Å². The second-order valence-corrected chi connectivity index (χ2v) is 4.65. The number of rotatable bonds is 3. The molecule has 1 fully saturated rings. The molecule has 0 saturated carbocycles. The fourth-order valence-corrected chi connectivity index (χ4v) is 2.10. The van der Waals surface area contributed by atoms with Gasteiger partial charge in [0.2, 0.25) is 0 Å². The van der Waals surface area contributed by atoms with Gasteiger partial charge in [0.25, 0.3) is 5.91 Å². The van der Waals surface area contributed by atoms with Crippen LogP contribution in [0.15, 0.2) is 24.3 Å². The van der Waals surface area contributed by atoms with Gasteiger partial charge in [-0.3, -0.25) is 9.59 Å². The molecular formula is C14H19ClN2O4. The van der Waals surface area contributed by atoms with Crippen molar-refractivity contribution in [2.45, 2.75) is 12.5 Å². The predicted octanol–water partition coefficient (Wildman–Crippen LogP) is 1.09. The molecule has 1 aromatic carbocycles. The summed E-state index contributed by atoms with van der Waals surface area (Å²) in [5, 5.41) is 0. The summed E-state index contributed by atoms with van der Waals surface area (Å²) in [6, 6.07) is 6.78. The van der Waals surface area contributed by atoms with Crippen LogP contribution in [0.2, 0.25) is 0 Å². The van der Waals surface area contributed by atoms with Crippen LogP contribution in [-0.4, -0.2) is 49.7 Å². The average Bonchev–Trinajstić information content (AvgIpc) is 2.47. The minimum Gasteiger partial charge on any atom is -0.469 e. The zero-order valence-corrected chi connectivity index (χ0v) is 12.6. The van der Waals surface area contributed by atoms with Crippen molar-refractivity contribution in [2.75, 3.05) is 32.5 Å². The number of methoxy groups -OCH3 is 1. The van der Waals surface area contributed by atoms with Gasteiger partial charge in [0.1, 0.15) is 0 Å². The molecule has 0 bridgehead atoms. The highest BCUT2D eigenvalue weighted by Gasteiger charge is 2.26. The topological polar surface area (TPSA) is 81.9 Å². The summed E-state index contributed by atoms with van der Waals surface area (Å²) in [6.07, 6.45) is -0.156. The number of carbonyl (C=O) groups excluding carboxylic acids is 2. The van der Waals surface area contributed by atoms with E-state index in [9.17, 15) is 9.59 Å². The number of amides is 1. The second-order valence-electron chi connectivity index (χ2n) is 4.65. The molecule has 0 spiro atoms. The van der Waals surface area contributed by atoms with Gasteiger partial charge in [0.05, 0.1) is 26.2 Å². The summed E-state index contributed by atoms with van der Waals surface area (Å²) in [5.74, 6) is -0.417. The lowest BCUT2D eigenvalue weighted by Crippen LogP contribution is -2.46. The van der Waals surface area contributed by atoms with Gasteiger partial charge in [0, 0.05) is 24.3 Å². The molecule has 1 unspecified atom stereocenters. The monoisotopic (exact) mass is 314 g/mol. The summed E-state index contributed by atoms with van der Waals surface area (Å²) >= 11 is 0. The van der Waals surface area contributed by atoms with E-state index in [1.54, 1.807) is 29.2 Å². The fourth-order valence-electron chi connectivity index (χ4n) is 2.10. The number of morpholine rings is 1. The summed E-state index contributed by atoms with van der Waals surface area (Å²) < 4.78 is 10.1. The lowest BCUT2D eigenvalue weighted by molar-refractivity contribution is -0.145. The molecule has 0 aliphatic carbocycles. The maximum atomic E-state index is 12.3.